The molecule has 0 aliphatic rings. The summed E-state index contributed by atoms with van der Waals surface area (Å²) in [6.45, 7) is 5.15. The number of aryl methyl sites for hydroxylation is 1. The van der Waals surface area contributed by atoms with E-state index in [0.29, 0.717) is 23.9 Å². The second-order valence-electron chi connectivity index (χ2n) is 5.21. The van der Waals surface area contributed by atoms with E-state index in [0.717, 1.165) is 0 Å². The molecule has 2 rings (SSSR count). The van der Waals surface area contributed by atoms with Crippen LogP contribution >= 0.6 is 0 Å². The van der Waals surface area contributed by atoms with E-state index in [9.17, 15) is 9.90 Å². The Hall–Kier alpha value is -2.35. The van der Waals surface area contributed by atoms with Crippen molar-refractivity contribution in [3.63, 3.8) is 0 Å². The summed E-state index contributed by atoms with van der Waals surface area (Å²) in [4.78, 5) is 16.1. The van der Waals surface area contributed by atoms with Gasteiger partial charge in [0.1, 0.15) is 11.4 Å². The van der Waals surface area contributed by atoms with Crippen LogP contribution < -0.4 is 10.6 Å². The minimum Gasteiger partial charge on any atom is -0.466 e. The van der Waals surface area contributed by atoms with Crippen LogP contribution in [0, 0.1) is 6.92 Å². The molecule has 2 atom stereocenters. The summed E-state index contributed by atoms with van der Waals surface area (Å²) < 4.78 is 10.1. The van der Waals surface area contributed by atoms with Gasteiger partial charge in [-0.1, -0.05) is 12.1 Å². The number of furan rings is 1. The fraction of sp³-hybridized carbons (Fsp3) is 0.500. The molecule has 2 amide bonds. The number of rotatable bonds is 6. The molecule has 8 nitrogen and oxygen atoms in total. The molecule has 0 radical (unpaired) electrons. The van der Waals surface area contributed by atoms with Gasteiger partial charge in [0, 0.05) is 6.92 Å². The molecule has 2 unspecified atom stereocenters. The second-order valence-corrected chi connectivity index (χ2v) is 5.21. The van der Waals surface area contributed by atoms with Gasteiger partial charge in [0.25, 0.3) is 0 Å². The quantitative estimate of drug-likeness (QED) is 0.747. The number of nitrogens with one attached hydrogen (secondary N) is 2. The third-order valence-electron chi connectivity index (χ3n) is 3.21. The molecular formula is C14H20N4O4. The van der Waals surface area contributed by atoms with Crippen LogP contribution in [0.3, 0.4) is 0 Å². The van der Waals surface area contributed by atoms with Crippen LogP contribution in [0.5, 0.6) is 0 Å². The molecule has 2 heterocycles. The highest BCUT2D eigenvalue weighted by molar-refractivity contribution is 5.74. The standard InChI is InChI=1S/C14H20N4O4/c1-4-10(12-16-9(2)22-18-12)17-13(19)15-8-14(3,20)11-6-5-7-21-11/h5-7,10,20H,4,8H2,1-3H3,(H2,15,17,19). The average Bonchev–Trinajstić information content (AvgIpc) is 3.14. The summed E-state index contributed by atoms with van der Waals surface area (Å²) in [6.07, 6.45) is 2.08. The molecule has 2 aromatic heterocycles. The number of nitrogens with zero attached hydrogens (tertiary/aromatic N) is 2. The third kappa shape index (κ3) is 3.85. The predicted octanol–water partition coefficient (Wildman–Crippen LogP) is 1.63. The SMILES string of the molecule is CCC(NC(=O)NCC(C)(O)c1ccco1)c1noc(C)n1. The van der Waals surface area contributed by atoms with Crippen LogP contribution in [0.15, 0.2) is 27.3 Å². The van der Waals surface area contributed by atoms with Gasteiger partial charge in [-0.15, -0.1) is 0 Å². The summed E-state index contributed by atoms with van der Waals surface area (Å²) in [7, 11) is 0. The van der Waals surface area contributed by atoms with Crippen LogP contribution in [0.1, 0.15) is 43.8 Å². The van der Waals surface area contributed by atoms with Gasteiger partial charge in [-0.2, -0.15) is 4.98 Å². The predicted molar refractivity (Wildman–Crippen MR) is 76.9 cm³/mol. The summed E-state index contributed by atoms with van der Waals surface area (Å²) in [5.41, 5.74) is -1.29. The number of aromatic nitrogens is 2. The lowest BCUT2D eigenvalue weighted by molar-refractivity contribution is 0.0366. The molecule has 0 aliphatic carbocycles. The molecule has 120 valence electrons. The number of carbonyl (C=O) groups is 1. The summed E-state index contributed by atoms with van der Waals surface area (Å²) in [6, 6.07) is 2.54. The number of aliphatic hydroxyl groups is 1. The molecule has 0 bridgehead atoms. The van der Waals surface area contributed by atoms with Crippen molar-refractivity contribution in [3.05, 3.63) is 35.9 Å². The molecule has 0 saturated heterocycles. The van der Waals surface area contributed by atoms with Crippen LogP contribution in [-0.4, -0.2) is 27.8 Å². The van der Waals surface area contributed by atoms with Crippen LogP contribution in [0.25, 0.3) is 0 Å². The zero-order chi connectivity index (χ0) is 16.2. The van der Waals surface area contributed by atoms with Crippen LogP contribution in [0.2, 0.25) is 0 Å². The van der Waals surface area contributed by atoms with Crippen molar-refractivity contribution in [2.75, 3.05) is 6.54 Å². The van der Waals surface area contributed by atoms with Crippen molar-refractivity contribution in [2.45, 2.75) is 38.8 Å². The first-order valence-electron chi connectivity index (χ1n) is 7.03. The minimum absolute atomic E-state index is 0.00799. The fourth-order valence-electron chi connectivity index (χ4n) is 1.94. The highest BCUT2D eigenvalue weighted by Crippen LogP contribution is 2.19. The van der Waals surface area contributed by atoms with Gasteiger partial charge in [-0.25, -0.2) is 4.79 Å². The summed E-state index contributed by atoms with van der Waals surface area (Å²) in [5, 5.41) is 19.4. The molecule has 3 N–H and O–H groups in total. The van der Waals surface area contributed by atoms with Crippen molar-refractivity contribution in [1.29, 1.82) is 0 Å². The average molecular weight is 308 g/mol. The van der Waals surface area contributed by atoms with Crippen molar-refractivity contribution in [1.82, 2.24) is 20.8 Å². The smallest absolute Gasteiger partial charge is 0.315 e. The maximum absolute atomic E-state index is 12.0. The lowest BCUT2D eigenvalue weighted by atomic mass is 10.0. The van der Waals surface area contributed by atoms with Gasteiger partial charge in [-0.05, 0) is 25.5 Å². The molecule has 22 heavy (non-hydrogen) atoms. The van der Waals surface area contributed by atoms with Crippen molar-refractivity contribution in [2.24, 2.45) is 0 Å². The summed E-state index contributed by atoms with van der Waals surface area (Å²) in [5.74, 6) is 1.25. The molecule has 0 aromatic carbocycles. The maximum atomic E-state index is 12.0. The molecule has 8 heteroatoms. The first-order chi connectivity index (χ1) is 10.4. The Kier molecular flexibility index (Phi) is 4.81. The fourth-order valence-corrected chi connectivity index (χ4v) is 1.94. The number of amides is 2. The number of hydrogen-bond acceptors (Lipinski definition) is 6. The van der Waals surface area contributed by atoms with E-state index in [1.165, 1.54) is 6.26 Å². The largest absolute Gasteiger partial charge is 0.466 e. The lowest BCUT2D eigenvalue weighted by Gasteiger charge is -2.22. The Labute approximate surface area is 127 Å². The van der Waals surface area contributed by atoms with Gasteiger partial charge in [0.2, 0.25) is 5.89 Å². The van der Waals surface area contributed by atoms with Gasteiger partial charge in [-0.3, -0.25) is 0 Å². The topological polar surface area (TPSA) is 113 Å². The Bertz CT molecular complexity index is 606. The van der Waals surface area contributed by atoms with E-state index < -0.39 is 11.6 Å². The van der Waals surface area contributed by atoms with Gasteiger partial charge >= 0.3 is 6.03 Å². The molecular weight excluding hydrogens is 288 g/mol. The Morgan fingerprint density at radius 2 is 2.32 bits per heavy atom. The van der Waals surface area contributed by atoms with Crippen LogP contribution in [-0.2, 0) is 5.60 Å². The van der Waals surface area contributed by atoms with Crippen LogP contribution in [0.4, 0.5) is 4.79 Å². The number of hydrogen-bond donors (Lipinski definition) is 3. The normalized spacial score (nSPS) is 15.1. The summed E-state index contributed by atoms with van der Waals surface area (Å²) >= 11 is 0. The van der Waals surface area contributed by atoms with Gasteiger partial charge in [0.05, 0.1) is 18.8 Å². The Morgan fingerprint density at radius 3 is 2.86 bits per heavy atom. The molecule has 0 fully saturated rings. The second kappa shape index (κ2) is 6.61. The maximum Gasteiger partial charge on any atom is 0.315 e. The van der Waals surface area contributed by atoms with Gasteiger partial charge < -0.3 is 24.7 Å². The van der Waals surface area contributed by atoms with E-state index in [4.69, 9.17) is 8.94 Å². The van der Waals surface area contributed by atoms with E-state index in [-0.39, 0.29) is 12.6 Å². The Morgan fingerprint density at radius 1 is 1.55 bits per heavy atom. The first-order valence-corrected chi connectivity index (χ1v) is 7.03. The zero-order valence-corrected chi connectivity index (χ0v) is 12.8. The minimum atomic E-state index is -1.29. The molecule has 0 spiro atoms. The van der Waals surface area contributed by atoms with Crippen molar-refractivity contribution >= 4 is 6.03 Å². The Balaban J connectivity index is 1.89. The third-order valence-corrected chi connectivity index (χ3v) is 3.21. The monoisotopic (exact) mass is 308 g/mol. The lowest BCUT2D eigenvalue weighted by Crippen LogP contribution is -2.44. The van der Waals surface area contributed by atoms with Crippen molar-refractivity contribution in [3.8, 4) is 0 Å². The van der Waals surface area contributed by atoms with E-state index >= 15 is 0 Å². The highest BCUT2D eigenvalue weighted by Gasteiger charge is 2.27. The first kappa shape index (κ1) is 16.0. The molecule has 0 aliphatic heterocycles. The number of carbonyl (C=O) groups excluding carboxylic acids is 1. The van der Waals surface area contributed by atoms with Crippen molar-refractivity contribution < 1.29 is 18.8 Å². The van der Waals surface area contributed by atoms with E-state index in [1.54, 1.807) is 26.0 Å². The molecule has 2 aromatic rings. The number of urea groups is 1. The van der Waals surface area contributed by atoms with E-state index in [1.807, 2.05) is 6.92 Å². The van der Waals surface area contributed by atoms with Gasteiger partial charge in [0.15, 0.2) is 5.82 Å². The zero-order valence-electron chi connectivity index (χ0n) is 12.8. The van der Waals surface area contributed by atoms with E-state index in [2.05, 4.69) is 20.8 Å². The highest BCUT2D eigenvalue weighted by atomic mass is 16.5. The molecule has 0 saturated carbocycles.